The molecule has 0 aromatic carbocycles. The Kier molecular flexibility index (Phi) is 5.77. The summed E-state index contributed by atoms with van der Waals surface area (Å²) in [6.45, 7) is 5.99. The first-order chi connectivity index (χ1) is 7.69. The molecule has 0 radical (unpaired) electrons. The van der Waals surface area contributed by atoms with Crippen LogP contribution in [0, 0.1) is 0 Å². The second kappa shape index (κ2) is 6.86. The topological polar surface area (TPSA) is 35.6 Å². The van der Waals surface area contributed by atoms with Crippen LogP contribution in [0.15, 0.2) is 0 Å². The fourth-order valence-corrected chi connectivity index (χ4v) is 2.30. The molecular weight excluding hydrogens is 202 g/mol. The Balaban J connectivity index is 2.56. The number of carbonyl (C=O) groups is 1. The molecule has 1 rings (SSSR count). The van der Waals surface area contributed by atoms with E-state index in [4.69, 9.17) is 0 Å². The maximum Gasteiger partial charge on any atom is 0.224 e. The number of nitrogens with zero attached hydrogens (tertiary/aromatic N) is 2. The van der Waals surface area contributed by atoms with Crippen molar-refractivity contribution in [3.63, 3.8) is 0 Å². The Bertz CT molecular complexity index is 220. The summed E-state index contributed by atoms with van der Waals surface area (Å²) in [5.74, 6) is 0.302. The van der Waals surface area contributed by atoms with Gasteiger partial charge in [-0.25, -0.2) is 0 Å². The van der Waals surface area contributed by atoms with E-state index in [1.165, 1.54) is 0 Å². The number of nitrogens with one attached hydrogen (secondary N) is 1. The second-order valence-corrected chi connectivity index (χ2v) is 4.62. The van der Waals surface area contributed by atoms with Crippen LogP contribution in [0.3, 0.4) is 0 Å². The highest BCUT2D eigenvalue weighted by molar-refractivity contribution is 5.76. The number of rotatable bonds is 4. The molecule has 0 aromatic heterocycles. The molecule has 1 unspecified atom stereocenters. The zero-order chi connectivity index (χ0) is 12.0. The van der Waals surface area contributed by atoms with Crippen LogP contribution >= 0.6 is 0 Å². The lowest BCUT2D eigenvalue weighted by Gasteiger charge is -2.30. The van der Waals surface area contributed by atoms with Crippen molar-refractivity contribution in [2.75, 3.05) is 40.3 Å². The van der Waals surface area contributed by atoms with Crippen LogP contribution in [0.5, 0.6) is 0 Å². The summed E-state index contributed by atoms with van der Waals surface area (Å²) in [5, 5.41) is 3.04. The molecule has 0 spiro atoms. The minimum absolute atomic E-state index is 0.302. The first kappa shape index (κ1) is 13.5. The average Bonchev–Trinajstić information content (AvgIpc) is 2.47. The molecule has 0 aromatic rings. The summed E-state index contributed by atoms with van der Waals surface area (Å²) in [6.07, 6.45) is 2.77. The smallest absolute Gasteiger partial charge is 0.224 e. The first-order valence-corrected chi connectivity index (χ1v) is 6.31. The lowest BCUT2D eigenvalue weighted by atomic mass is 10.1. The van der Waals surface area contributed by atoms with Crippen LogP contribution in [0.1, 0.15) is 26.2 Å². The van der Waals surface area contributed by atoms with Crippen LogP contribution in [0.4, 0.5) is 0 Å². The summed E-state index contributed by atoms with van der Waals surface area (Å²) in [6, 6.07) is 0.400. The quantitative estimate of drug-likeness (QED) is 0.761. The highest BCUT2D eigenvalue weighted by Crippen LogP contribution is 2.13. The van der Waals surface area contributed by atoms with E-state index in [1.807, 2.05) is 7.05 Å². The zero-order valence-corrected chi connectivity index (χ0v) is 10.8. The van der Waals surface area contributed by atoms with Crippen molar-refractivity contribution in [2.24, 2.45) is 0 Å². The monoisotopic (exact) mass is 227 g/mol. The van der Waals surface area contributed by atoms with Crippen molar-refractivity contribution in [1.29, 1.82) is 0 Å². The van der Waals surface area contributed by atoms with Crippen LogP contribution in [-0.4, -0.2) is 62.0 Å². The standard InChI is InChI=1S/C12H25N3O/c1-4-11-10-14(3)8-5-9-15(11)12(16)6-7-13-2/h11,13H,4-10H2,1-3H3. The van der Waals surface area contributed by atoms with Crippen molar-refractivity contribution in [3.05, 3.63) is 0 Å². The van der Waals surface area contributed by atoms with Gasteiger partial charge in [0, 0.05) is 32.1 Å². The van der Waals surface area contributed by atoms with Gasteiger partial charge in [-0.1, -0.05) is 6.92 Å². The number of hydrogen-bond acceptors (Lipinski definition) is 3. The molecule has 94 valence electrons. The van der Waals surface area contributed by atoms with Crippen molar-refractivity contribution in [3.8, 4) is 0 Å². The van der Waals surface area contributed by atoms with Gasteiger partial charge in [-0.2, -0.15) is 0 Å². The summed E-state index contributed by atoms with van der Waals surface area (Å²) in [5.41, 5.74) is 0. The molecular formula is C12H25N3O. The van der Waals surface area contributed by atoms with Gasteiger partial charge in [0.05, 0.1) is 0 Å². The van der Waals surface area contributed by atoms with E-state index in [0.29, 0.717) is 18.4 Å². The SMILES string of the molecule is CCC1CN(C)CCCN1C(=O)CCNC. The van der Waals surface area contributed by atoms with Gasteiger partial charge in [-0.05, 0) is 33.5 Å². The van der Waals surface area contributed by atoms with E-state index < -0.39 is 0 Å². The molecule has 0 saturated carbocycles. The minimum Gasteiger partial charge on any atom is -0.338 e. The Labute approximate surface area is 99.0 Å². The summed E-state index contributed by atoms with van der Waals surface area (Å²) < 4.78 is 0. The fraction of sp³-hybridized carbons (Fsp3) is 0.917. The van der Waals surface area contributed by atoms with Gasteiger partial charge in [0.25, 0.3) is 0 Å². The fourth-order valence-electron chi connectivity index (χ4n) is 2.30. The van der Waals surface area contributed by atoms with Gasteiger partial charge in [0.1, 0.15) is 0 Å². The minimum atomic E-state index is 0.302. The lowest BCUT2D eigenvalue weighted by Crippen LogP contribution is -2.44. The molecule has 1 aliphatic rings. The van der Waals surface area contributed by atoms with Gasteiger partial charge < -0.3 is 15.1 Å². The summed E-state index contributed by atoms with van der Waals surface area (Å²) in [7, 11) is 4.03. The molecule has 0 aliphatic carbocycles. The van der Waals surface area contributed by atoms with Gasteiger partial charge in [-0.3, -0.25) is 4.79 Å². The Hall–Kier alpha value is -0.610. The molecule has 1 N–H and O–H groups in total. The predicted molar refractivity (Wildman–Crippen MR) is 66.4 cm³/mol. The molecule has 1 heterocycles. The van der Waals surface area contributed by atoms with E-state index in [-0.39, 0.29) is 0 Å². The van der Waals surface area contributed by atoms with Gasteiger partial charge >= 0.3 is 0 Å². The van der Waals surface area contributed by atoms with Crippen molar-refractivity contribution < 1.29 is 4.79 Å². The van der Waals surface area contributed by atoms with Crippen LogP contribution in [-0.2, 0) is 4.79 Å². The van der Waals surface area contributed by atoms with Crippen molar-refractivity contribution in [1.82, 2.24) is 15.1 Å². The zero-order valence-electron chi connectivity index (χ0n) is 10.8. The summed E-state index contributed by atoms with van der Waals surface area (Å²) in [4.78, 5) is 16.5. The lowest BCUT2D eigenvalue weighted by molar-refractivity contribution is -0.133. The normalized spacial score (nSPS) is 23.2. The third kappa shape index (κ3) is 3.76. The maximum absolute atomic E-state index is 12.1. The van der Waals surface area contributed by atoms with Crippen LogP contribution in [0.25, 0.3) is 0 Å². The third-order valence-electron chi connectivity index (χ3n) is 3.28. The third-order valence-corrected chi connectivity index (χ3v) is 3.28. The van der Waals surface area contributed by atoms with Gasteiger partial charge in [0.2, 0.25) is 5.91 Å². The van der Waals surface area contributed by atoms with Crippen LogP contribution < -0.4 is 5.32 Å². The summed E-state index contributed by atoms with van der Waals surface area (Å²) >= 11 is 0. The largest absolute Gasteiger partial charge is 0.338 e. The molecule has 16 heavy (non-hydrogen) atoms. The number of hydrogen-bond donors (Lipinski definition) is 1. The van der Waals surface area contributed by atoms with Crippen molar-refractivity contribution >= 4 is 5.91 Å². The maximum atomic E-state index is 12.1. The predicted octanol–water partition coefficient (Wildman–Crippen LogP) is 0.539. The molecule has 1 fully saturated rings. The first-order valence-electron chi connectivity index (χ1n) is 6.31. The average molecular weight is 227 g/mol. The Morgan fingerprint density at radius 3 is 2.81 bits per heavy atom. The molecule has 0 bridgehead atoms. The molecule has 1 amide bonds. The highest BCUT2D eigenvalue weighted by Gasteiger charge is 2.25. The van der Waals surface area contributed by atoms with Gasteiger partial charge in [-0.15, -0.1) is 0 Å². The molecule has 1 aliphatic heterocycles. The number of amides is 1. The highest BCUT2D eigenvalue weighted by atomic mass is 16.2. The van der Waals surface area contributed by atoms with E-state index >= 15 is 0 Å². The number of carbonyl (C=O) groups excluding carboxylic acids is 1. The van der Waals surface area contributed by atoms with Crippen LogP contribution in [0.2, 0.25) is 0 Å². The Morgan fingerprint density at radius 1 is 1.44 bits per heavy atom. The Morgan fingerprint density at radius 2 is 2.19 bits per heavy atom. The van der Waals surface area contributed by atoms with Gasteiger partial charge in [0.15, 0.2) is 0 Å². The van der Waals surface area contributed by atoms with E-state index in [1.54, 1.807) is 0 Å². The molecule has 4 heteroatoms. The second-order valence-electron chi connectivity index (χ2n) is 4.62. The number of likely N-dealkylation sites (N-methyl/N-ethyl adjacent to an activating group) is 1. The van der Waals surface area contributed by atoms with E-state index in [0.717, 1.165) is 39.0 Å². The van der Waals surface area contributed by atoms with Crippen molar-refractivity contribution in [2.45, 2.75) is 32.2 Å². The van der Waals surface area contributed by atoms with E-state index in [9.17, 15) is 4.79 Å². The van der Waals surface area contributed by atoms with E-state index in [2.05, 4.69) is 29.1 Å². The molecule has 1 saturated heterocycles. The molecule has 4 nitrogen and oxygen atoms in total. The molecule has 1 atom stereocenters.